The van der Waals surface area contributed by atoms with Crippen molar-refractivity contribution in [1.29, 1.82) is 0 Å². The van der Waals surface area contributed by atoms with Gasteiger partial charge in [-0.25, -0.2) is 9.78 Å². The van der Waals surface area contributed by atoms with Gasteiger partial charge >= 0.3 is 6.03 Å². The maximum Gasteiger partial charge on any atom is 0.325 e. The predicted octanol–water partition coefficient (Wildman–Crippen LogP) is 3.24. The number of carbonyl (C=O) groups excluding carboxylic acids is 2. The fraction of sp³-hybridized carbons (Fsp3) is 0.267. The largest absolute Gasteiger partial charge is 0.351 e. The molecule has 0 radical (unpaired) electrons. The third-order valence-corrected chi connectivity index (χ3v) is 3.56. The second kappa shape index (κ2) is 7.56. The van der Waals surface area contributed by atoms with Crippen LogP contribution in [0.25, 0.3) is 0 Å². The minimum absolute atomic E-state index is 0.231. The van der Waals surface area contributed by atoms with Crippen LogP contribution in [0.5, 0.6) is 0 Å². The van der Waals surface area contributed by atoms with Gasteiger partial charge in [0, 0.05) is 17.6 Å². The molecule has 7 heteroatoms. The minimum atomic E-state index is -0.390. The molecule has 1 aromatic carbocycles. The van der Waals surface area contributed by atoms with E-state index in [9.17, 15) is 9.59 Å². The molecule has 0 atom stereocenters. The highest BCUT2D eigenvalue weighted by Crippen LogP contribution is 2.16. The van der Waals surface area contributed by atoms with Gasteiger partial charge in [0.25, 0.3) is 5.91 Å². The predicted molar refractivity (Wildman–Crippen MR) is 88.6 cm³/mol. The second-order valence-corrected chi connectivity index (χ2v) is 5.60. The summed E-state index contributed by atoms with van der Waals surface area (Å²) in [5, 5.41) is 10.1. The Labute approximate surface area is 133 Å². The molecular weight excluding hydrogens is 300 g/mol. The summed E-state index contributed by atoms with van der Waals surface area (Å²) < 4.78 is 0. The van der Waals surface area contributed by atoms with Crippen LogP contribution in [0.1, 0.15) is 29.4 Å². The zero-order chi connectivity index (χ0) is 15.9. The molecule has 0 aliphatic rings. The zero-order valence-corrected chi connectivity index (χ0v) is 13.3. The average Bonchev–Trinajstić information content (AvgIpc) is 2.95. The first-order chi connectivity index (χ1) is 10.6. The summed E-state index contributed by atoms with van der Waals surface area (Å²) in [6.45, 7) is 4.56. The first kappa shape index (κ1) is 16.0. The van der Waals surface area contributed by atoms with Crippen LogP contribution in [-0.2, 0) is 0 Å². The van der Waals surface area contributed by atoms with Crippen LogP contribution in [-0.4, -0.2) is 23.5 Å². The van der Waals surface area contributed by atoms with Crippen LogP contribution in [0.15, 0.2) is 29.6 Å². The topological polar surface area (TPSA) is 83.1 Å². The molecule has 1 heterocycles. The van der Waals surface area contributed by atoms with Gasteiger partial charge in [0.15, 0.2) is 5.13 Å². The highest BCUT2D eigenvalue weighted by atomic mass is 32.1. The minimum Gasteiger partial charge on any atom is -0.351 e. The van der Waals surface area contributed by atoms with E-state index >= 15 is 0 Å². The molecule has 3 N–H and O–H groups in total. The molecular formula is C15H18N4O2S. The third kappa shape index (κ3) is 4.56. The Bertz CT molecular complexity index is 652. The monoisotopic (exact) mass is 318 g/mol. The van der Waals surface area contributed by atoms with Gasteiger partial charge in [-0.3, -0.25) is 10.1 Å². The number of thiazole rings is 1. The van der Waals surface area contributed by atoms with Crippen LogP contribution < -0.4 is 16.0 Å². The molecule has 3 amide bonds. The number of amides is 3. The van der Waals surface area contributed by atoms with E-state index in [1.807, 2.05) is 38.1 Å². The summed E-state index contributed by atoms with van der Waals surface area (Å²) in [5.74, 6) is -0.231. The molecule has 22 heavy (non-hydrogen) atoms. The highest BCUT2D eigenvalue weighted by Gasteiger charge is 2.11. The van der Waals surface area contributed by atoms with Crippen LogP contribution >= 0.6 is 11.3 Å². The van der Waals surface area contributed by atoms with E-state index in [-0.39, 0.29) is 5.91 Å². The lowest BCUT2D eigenvalue weighted by Crippen LogP contribution is -2.24. The Morgan fingerprint density at radius 3 is 2.59 bits per heavy atom. The van der Waals surface area contributed by atoms with Gasteiger partial charge in [-0.15, -0.1) is 11.3 Å². The molecule has 0 saturated heterocycles. The number of nitrogens with one attached hydrogen (secondary N) is 3. The van der Waals surface area contributed by atoms with E-state index in [2.05, 4.69) is 20.9 Å². The standard InChI is InChI=1S/C15H18N4O2S/c1-3-8-16-13(20)12-9-22-15(18-12)19-14(21)17-11-6-4-10(2)5-7-11/h4-7,9H,3,8H2,1-2H3,(H,16,20)(H2,17,18,19,21). The maximum absolute atomic E-state index is 11.9. The Balaban J connectivity index is 1.90. The van der Waals surface area contributed by atoms with E-state index in [0.29, 0.717) is 23.1 Å². The SMILES string of the molecule is CCCNC(=O)c1csc(NC(=O)Nc2ccc(C)cc2)n1. The van der Waals surface area contributed by atoms with Crippen molar-refractivity contribution in [2.75, 3.05) is 17.2 Å². The molecule has 0 spiro atoms. The molecule has 1 aromatic heterocycles. The normalized spacial score (nSPS) is 10.1. The number of hydrogen-bond donors (Lipinski definition) is 3. The van der Waals surface area contributed by atoms with E-state index in [4.69, 9.17) is 0 Å². The summed E-state index contributed by atoms with van der Waals surface area (Å²) in [6, 6.07) is 7.07. The van der Waals surface area contributed by atoms with Gasteiger partial charge in [-0.1, -0.05) is 24.6 Å². The van der Waals surface area contributed by atoms with E-state index in [0.717, 1.165) is 12.0 Å². The summed E-state index contributed by atoms with van der Waals surface area (Å²) in [4.78, 5) is 27.7. The van der Waals surface area contributed by atoms with Crippen molar-refractivity contribution in [3.63, 3.8) is 0 Å². The van der Waals surface area contributed by atoms with Crippen molar-refractivity contribution in [1.82, 2.24) is 10.3 Å². The maximum atomic E-state index is 11.9. The van der Waals surface area contributed by atoms with Crippen molar-refractivity contribution in [2.45, 2.75) is 20.3 Å². The number of aryl methyl sites for hydroxylation is 1. The fourth-order valence-electron chi connectivity index (χ4n) is 1.66. The molecule has 116 valence electrons. The van der Waals surface area contributed by atoms with Gasteiger partial charge in [-0.05, 0) is 25.5 Å². The quantitative estimate of drug-likeness (QED) is 0.791. The summed E-state index contributed by atoms with van der Waals surface area (Å²) in [7, 11) is 0. The molecule has 0 fully saturated rings. The second-order valence-electron chi connectivity index (χ2n) is 4.74. The van der Waals surface area contributed by atoms with E-state index in [1.165, 1.54) is 11.3 Å². The van der Waals surface area contributed by atoms with Gasteiger partial charge < -0.3 is 10.6 Å². The Hall–Kier alpha value is -2.41. The Morgan fingerprint density at radius 1 is 1.18 bits per heavy atom. The van der Waals surface area contributed by atoms with Crippen LogP contribution in [0.4, 0.5) is 15.6 Å². The summed E-state index contributed by atoms with van der Waals surface area (Å²) in [6.07, 6.45) is 0.861. The van der Waals surface area contributed by atoms with Crippen molar-refractivity contribution in [3.8, 4) is 0 Å². The van der Waals surface area contributed by atoms with E-state index < -0.39 is 6.03 Å². The smallest absolute Gasteiger partial charge is 0.325 e. The Kier molecular flexibility index (Phi) is 5.48. The molecule has 6 nitrogen and oxygen atoms in total. The first-order valence-electron chi connectivity index (χ1n) is 6.97. The number of nitrogens with zero attached hydrogens (tertiary/aromatic N) is 1. The summed E-state index contributed by atoms with van der Waals surface area (Å²) in [5.41, 5.74) is 2.12. The van der Waals surface area contributed by atoms with Gasteiger partial charge in [0.05, 0.1) is 0 Å². The van der Waals surface area contributed by atoms with Gasteiger partial charge in [0.1, 0.15) is 5.69 Å². The molecule has 0 unspecified atom stereocenters. The summed E-state index contributed by atoms with van der Waals surface area (Å²) >= 11 is 1.21. The molecule has 0 bridgehead atoms. The fourth-order valence-corrected chi connectivity index (χ4v) is 2.35. The van der Waals surface area contributed by atoms with Gasteiger partial charge in [-0.2, -0.15) is 0 Å². The van der Waals surface area contributed by atoms with Crippen molar-refractivity contribution in [2.24, 2.45) is 0 Å². The van der Waals surface area contributed by atoms with Crippen molar-refractivity contribution < 1.29 is 9.59 Å². The molecule has 2 rings (SSSR count). The lowest BCUT2D eigenvalue weighted by molar-refractivity contribution is 0.0949. The molecule has 2 aromatic rings. The highest BCUT2D eigenvalue weighted by molar-refractivity contribution is 7.14. The number of rotatable bonds is 5. The number of urea groups is 1. The van der Waals surface area contributed by atoms with Crippen LogP contribution in [0.2, 0.25) is 0 Å². The lowest BCUT2D eigenvalue weighted by Gasteiger charge is -2.05. The van der Waals surface area contributed by atoms with Crippen LogP contribution in [0.3, 0.4) is 0 Å². The van der Waals surface area contributed by atoms with E-state index in [1.54, 1.807) is 5.38 Å². The third-order valence-electron chi connectivity index (χ3n) is 2.80. The number of aromatic nitrogens is 1. The molecule has 0 aliphatic heterocycles. The number of anilines is 2. The van der Waals surface area contributed by atoms with Crippen molar-refractivity contribution in [3.05, 3.63) is 40.9 Å². The van der Waals surface area contributed by atoms with Gasteiger partial charge in [0.2, 0.25) is 0 Å². The number of carbonyl (C=O) groups is 2. The Morgan fingerprint density at radius 2 is 1.91 bits per heavy atom. The zero-order valence-electron chi connectivity index (χ0n) is 12.5. The first-order valence-corrected chi connectivity index (χ1v) is 7.85. The lowest BCUT2D eigenvalue weighted by atomic mass is 10.2. The number of benzene rings is 1. The molecule has 0 saturated carbocycles. The van der Waals surface area contributed by atoms with Crippen molar-refractivity contribution >= 4 is 34.1 Å². The number of hydrogen-bond acceptors (Lipinski definition) is 4. The average molecular weight is 318 g/mol. The molecule has 0 aliphatic carbocycles. The van der Waals surface area contributed by atoms with Crippen LogP contribution in [0, 0.1) is 6.92 Å².